The largest absolute Gasteiger partial charge is 0.375 e. The fraction of sp³-hybridized carbons (Fsp3) is 0.167. The Morgan fingerprint density at radius 1 is 1.17 bits per heavy atom. The van der Waals surface area contributed by atoms with Gasteiger partial charge in [0, 0.05) is 24.0 Å². The van der Waals surface area contributed by atoms with Crippen LogP contribution in [0.2, 0.25) is 0 Å². The average molecular weight is 333 g/mol. The second kappa shape index (κ2) is 5.14. The second-order valence-corrected chi connectivity index (χ2v) is 7.01. The Morgan fingerprint density at radius 2 is 2.12 bits per heavy atom. The average Bonchev–Trinajstić information content (AvgIpc) is 3.27. The van der Waals surface area contributed by atoms with Gasteiger partial charge in [0.15, 0.2) is 5.13 Å². The molecule has 0 aliphatic carbocycles. The van der Waals surface area contributed by atoms with Gasteiger partial charge in [0.25, 0.3) is 0 Å². The number of aromatic nitrogens is 4. The maximum atomic E-state index is 5.85. The van der Waals surface area contributed by atoms with E-state index in [4.69, 9.17) is 10.8 Å². The first-order valence-electron chi connectivity index (χ1n) is 7.97. The Hall–Kier alpha value is -2.73. The quantitative estimate of drug-likeness (QED) is 0.606. The molecule has 0 radical (unpaired) electrons. The van der Waals surface area contributed by atoms with E-state index in [1.807, 2.05) is 30.5 Å². The van der Waals surface area contributed by atoms with Gasteiger partial charge in [-0.15, -0.1) is 0 Å². The summed E-state index contributed by atoms with van der Waals surface area (Å²) in [5, 5.41) is 5.44. The van der Waals surface area contributed by atoms with Crippen LogP contribution < -0.4 is 5.73 Å². The fourth-order valence-corrected chi connectivity index (χ4v) is 4.19. The minimum absolute atomic E-state index is 0.604. The predicted molar refractivity (Wildman–Crippen MR) is 96.8 cm³/mol. The lowest BCUT2D eigenvalue weighted by Crippen LogP contribution is -1.94. The van der Waals surface area contributed by atoms with Crippen LogP contribution in [0.5, 0.6) is 0 Å². The van der Waals surface area contributed by atoms with Gasteiger partial charge in [0.2, 0.25) is 0 Å². The van der Waals surface area contributed by atoms with E-state index in [1.165, 1.54) is 22.6 Å². The Labute approximate surface area is 142 Å². The van der Waals surface area contributed by atoms with Crippen LogP contribution in [-0.4, -0.2) is 19.7 Å². The second-order valence-electron chi connectivity index (χ2n) is 5.95. The lowest BCUT2D eigenvalue weighted by Gasteiger charge is -2.05. The molecule has 3 aromatic heterocycles. The van der Waals surface area contributed by atoms with Crippen molar-refractivity contribution in [1.29, 1.82) is 0 Å². The summed E-state index contributed by atoms with van der Waals surface area (Å²) in [4.78, 5) is 8.86. The molecule has 0 bridgehead atoms. The molecule has 24 heavy (non-hydrogen) atoms. The van der Waals surface area contributed by atoms with Crippen molar-refractivity contribution in [2.24, 2.45) is 0 Å². The first-order valence-corrected chi connectivity index (χ1v) is 8.79. The number of fused-ring (bicyclic) bond motifs is 2. The van der Waals surface area contributed by atoms with E-state index in [9.17, 15) is 0 Å². The van der Waals surface area contributed by atoms with E-state index in [-0.39, 0.29) is 0 Å². The number of nitrogen functional groups attached to an aromatic ring is 1. The number of aryl methyl sites for hydroxylation is 1. The molecule has 0 unspecified atom stereocenters. The lowest BCUT2D eigenvalue weighted by molar-refractivity contribution is 0.658. The van der Waals surface area contributed by atoms with Crippen LogP contribution >= 0.6 is 11.3 Å². The number of nitrogens with two attached hydrogens (primary N) is 1. The summed E-state index contributed by atoms with van der Waals surface area (Å²) in [6, 6.07) is 12.3. The van der Waals surface area contributed by atoms with Crippen LogP contribution in [0.3, 0.4) is 0 Å². The van der Waals surface area contributed by atoms with Gasteiger partial charge in [-0.25, -0.2) is 4.98 Å². The highest BCUT2D eigenvalue weighted by molar-refractivity contribution is 7.22. The third kappa shape index (κ3) is 2.03. The normalized spacial score (nSPS) is 13.5. The first-order chi connectivity index (χ1) is 11.8. The SMILES string of the molecule is Nc1nc2ccc(-c3c(-c4ccccn4)nn4c3CCC4)cc2s1. The summed E-state index contributed by atoms with van der Waals surface area (Å²) >= 11 is 1.52. The van der Waals surface area contributed by atoms with Gasteiger partial charge in [-0.3, -0.25) is 9.67 Å². The van der Waals surface area contributed by atoms with E-state index in [1.54, 1.807) is 0 Å². The van der Waals surface area contributed by atoms with Crippen molar-refractivity contribution in [1.82, 2.24) is 19.7 Å². The fourth-order valence-electron chi connectivity index (χ4n) is 3.42. The molecular weight excluding hydrogens is 318 g/mol. The van der Waals surface area contributed by atoms with Crippen molar-refractivity contribution < 1.29 is 0 Å². The third-order valence-corrected chi connectivity index (χ3v) is 5.29. The maximum Gasteiger partial charge on any atom is 0.181 e. The Morgan fingerprint density at radius 3 is 3.00 bits per heavy atom. The molecule has 6 heteroatoms. The molecule has 1 aromatic carbocycles. The van der Waals surface area contributed by atoms with E-state index >= 15 is 0 Å². The smallest absolute Gasteiger partial charge is 0.181 e. The lowest BCUT2D eigenvalue weighted by atomic mass is 10.00. The highest BCUT2D eigenvalue weighted by Gasteiger charge is 2.24. The summed E-state index contributed by atoms with van der Waals surface area (Å²) in [6.07, 6.45) is 4.02. The predicted octanol–water partition coefficient (Wildman–Crippen LogP) is 3.75. The van der Waals surface area contributed by atoms with Crippen LogP contribution in [0.15, 0.2) is 42.6 Å². The zero-order chi connectivity index (χ0) is 16.1. The van der Waals surface area contributed by atoms with Crippen molar-refractivity contribution in [3.05, 3.63) is 48.3 Å². The number of nitrogens with zero attached hydrogens (tertiary/aromatic N) is 4. The highest BCUT2D eigenvalue weighted by atomic mass is 32.1. The van der Waals surface area contributed by atoms with Gasteiger partial charge in [-0.1, -0.05) is 23.5 Å². The summed E-state index contributed by atoms with van der Waals surface area (Å²) in [7, 11) is 0. The molecular formula is C18H15N5S. The number of pyridine rings is 1. The minimum Gasteiger partial charge on any atom is -0.375 e. The highest BCUT2D eigenvalue weighted by Crippen LogP contribution is 2.38. The van der Waals surface area contributed by atoms with Crippen LogP contribution in [0, 0.1) is 0 Å². The van der Waals surface area contributed by atoms with Crippen molar-refractivity contribution >= 4 is 26.7 Å². The molecule has 5 rings (SSSR count). The zero-order valence-corrected chi connectivity index (χ0v) is 13.8. The summed E-state index contributed by atoms with van der Waals surface area (Å²) in [6.45, 7) is 0.977. The van der Waals surface area contributed by atoms with Gasteiger partial charge in [-0.2, -0.15) is 5.10 Å². The molecule has 0 saturated carbocycles. The molecule has 0 fully saturated rings. The molecule has 4 heterocycles. The molecule has 1 aliphatic rings. The van der Waals surface area contributed by atoms with Crippen LogP contribution in [-0.2, 0) is 13.0 Å². The van der Waals surface area contributed by atoms with Crippen molar-refractivity contribution in [2.45, 2.75) is 19.4 Å². The first kappa shape index (κ1) is 13.7. The molecule has 0 spiro atoms. The number of thiazole rings is 1. The van der Waals surface area contributed by atoms with Crippen molar-refractivity contribution in [2.75, 3.05) is 5.73 Å². The number of anilines is 1. The molecule has 2 N–H and O–H groups in total. The van der Waals surface area contributed by atoms with E-state index < -0.39 is 0 Å². The van der Waals surface area contributed by atoms with Gasteiger partial charge >= 0.3 is 0 Å². The minimum atomic E-state index is 0.604. The third-order valence-electron chi connectivity index (χ3n) is 4.44. The topological polar surface area (TPSA) is 69.6 Å². The molecule has 0 saturated heterocycles. The molecule has 0 atom stereocenters. The summed E-state index contributed by atoms with van der Waals surface area (Å²) < 4.78 is 3.24. The maximum absolute atomic E-state index is 5.85. The standard InChI is InChI=1S/C18H15N5S/c19-18-21-12-7-6-11(10-15(12)24-18)16-14-5-3-9-23(14)22-17(16)13-4-1-2-8-20-13/h1-2,4,6-8,10H,3,5,9H2,(H2,19,21). The number of benzene rings is 1. The molecule has 5 nitrogen and oxygen atoms in total. The number of hydrogen-bond acceptors (Lipinski definition) is 5. The Kier molecular flexibility index (Phi) is 2.93. The van der Waals surface area contributed by atoms with E-state index in [0.29, 0.717) is 5.13 Å². The van der Waals surface area contributed by atoms with Gasteiger partial charge in [0.1, 0.15) is 5.69 Å². The zero-order valence-electron chi connectivity index (χ0n) is 12.9. The van der Waals surface area contributed by atoms with Gasteiger partial charge in [0.05, 0.1) is 15.9 Å². The van der Waals surface area contributed by atoms with Crippen molar-refractivity contribution in [3.63, 3.8) is 0 Å². The Balaban J connectivity index is 1.76. The number of hydrogen-bond donors (Lipinski definition) is 1. The van der Waals surface area contributed by atoms with Crippen LogP contribution in [0.25, 0.3) is 32.7 Å². The van der Waals surface area contributed by atoms with Gasteiger partial charge < -0.3 is 5.73 Å². The van der Waals surface area contributed by atoms with E-state index in [2.05, 4.69) is 26.8 Å². The summed E-state index contributed by atoms with van der Waals surface area (Å²) in [5.74, 6) is 0. The Bertz CT molecular complexity index is 1050. The molecule has 0 amide bonds. The van der Waals surface area contributed by atoms with Gasteiger partial charge in [-0.05, 0) is 42.7 Å². The molecule has 4 aromatic rings. The van der Waals surface area contributed by atoms with E-state index in [0.717, 1.165) is 46.6 Å². The summed E-state index contributed by atoms with van der Waals surface area (Å²) in [5.41, 5.74) is 12.3. The number of rotatable bonds is 2. The van der Waals surface area contributed by atoms with Crippen molar-refractivity contribution in [3.8, 4) is 22.5 Å². The molecule has 1 aliphatic heterocycles. The molecule has 118 valence electrons. The van der Waals surface area contributed by atoms with Crippen LogP contribution in [0.1, 0.15) is 12.1 Å². The van der Waals surface area contributed by atoms with Crippen LogP contribution in [0.4, 0.5) is 5.13 Å². The monoisotopic (exact) mass is 333 g/mol.